The minimum Gasteiger partial charge on any atom is -0.403 e. The molecule has 0 spiro atoms. The third-order valence-corrected chi connectivity index (χ3v) is 6.63. The van der Waals surface area contributed by atoms with Crippen molar-refractivity contribution in [3.8, 4) is 10.4 Å². The van der Waals surface area contributed by atoms with Crippen LogP contribution in [0, 0.1) is 12.8 Å². The van der Waals surface area contributed by atoms with E-state index in [9.17, 15) is 9.59 Å². The smallest absolute Gasteiger partial charge is 0.247 e. The van der Waals surface area contributed by atoms with E-state index < -0.39 is 0 Å². The number of thiazole rings is 1. The van der Waals surface area contributed by atoms with Crippen LogP contribution in [0.2, 0.25) is 0 Å². The van der Waals surface area contributed by atoms with Gasteiger partial charge in [0.2, 0.25) is 12.3 Å². The average molecular weight is 473 g/mol. The Balaban J connectivity index is 0.000000234. The molecule has 2 atom stereocenters. The van der Waals surface area contributed by atoms with Crippen molar-refractivity contribution in [1.29, 1.82) is 0 Å². The summed E-state index contributed by atoms with van der Waals surface area (Å²) < 4.78 is 0. The van der Waals surface area contributed by atoms with Crippen LogP contribution in [0.4, 0.5) is 0 Å². The number of likely N-dealkylation sites (tertiary alicyclic amines) is 1. The summed E-state index contributed by atoms with van der Waals surface area (Å²) in [4.78, 5) is 30.0. The highest BCUT2D eigenvalue weighted by Gasteiger charge is 2.34. The summed E-state index contributed by atoms with van der Waals surface area (Å²) in [6.07, 6.45) is 5.77. The zero-order valence-electron chi connectivity index (χ0n) is 19.9. The lowest BCUT2D eigenvalue weighted by Gasteiger charge is -2.33. The van der Waals surface area contributed by atoms with E-state index in [4.69, 9.17) is 11.6 Å². The van der Waals surface area contributed by atoms with Gasteiger partial charge in [0.05, 0.1) is 16.1 Å². The number of carbonyl (C=O) groups excluding carboxylic acids is 2. The van der Waals surface area contributed by atoms with E-state index in [1.807, 2.05) is 43.3 Å². The lowest BCUT2D eigenvalue weighted by molar-refractivity contribution is -0.138. The van der Waals surface area contributed by atoms with Crippen molar-refractivity contribution in [3.63, 3.8) is 0 Å². The number of carbonyl (C=O) groups is 2. The minimum atomic E-state index is -0.338. The first-order valence-corrected chi connectivity index (χ1v) is 12.1. The number of nitrogens with two attached hydrogens (primary N) is 2. The van der Waals surface area contributed by atoms with E-state index in [-0.39, 0.29) is 17.9 Å². The summed E-state index contributed by atoms with van der Waals surface area (Å²) in [5, 5.41) is 4.05. The number of hydrazine groups is 1. The Morgan fingerprint density at radius 1 is 1.36 bits per heavy atom. The predicted octanol–water partition coefficient (Wildman–Crippen LogP) is 2.99. The number of nitrogens with one attached hydrogen (secondary N) is 1. The van der Waals surface area contributed by atoms with Crippen molar-refractivity contribution < 1.29 is 9.59 Å². The maximum absolute atomic E-state index is 12.4. The number of aromatic nitrogens is 1. The molecular weight excluding hydrogens is 436 g/mol. The van der Waals surface area contributed by atoms with Crippen LogP contribution < -0.4 is 16.9 Å². The molecule has 8 nitrogen and oxygen atoms in total. The molecule has 1 fully saturated rings. The molecule has 1 aliphatic rings. The number of amides is 2. The summed E-state index contributed by atoms with van der Waals surface area (Å²) >= 11 is 1.64. The molecule has 2 aromatic rings. The maximum atomic E-state index is 12.4. The molecule has 2 unspecified atom stereocenters. The molecule has 1 aromatic heterocycles. The zero-order valence-corrected chi connectivity index (χ0v) is 20.7. The van der Waals surface area contributed by atoms with E-state index in [0.29, 0.717) is 19.0 Å². The third kappa shape index (κ3) is 7.30. The van der Waals surface area contributed by atoms with Crippen LogP contribution in [0.5, 0.6) is 0 Å². The standard InChI is InChI=1S/C12H24N4O.C12H12N2OS/c1-9(2)11(16(14)8-6-13)12(17)15-7-4-5-10(15)3;1-9-12(16-8-14-9)11-4-2-10(3-5-11)6-13-7-15/h6,8-11H,4-5,7,13-14H2,1-3H3;2-5,7-8H,6H2,1H3,(H,13,15)/b8-6-;. The summed E-state index contributed by atoms with van der Waals surface area (Å²) in [6, 6.07) is 8.13. The fourth-order valence-electron chi connectivity index (χ4n) is 3.89. The monoisotopic (exact) mass is 472 g/mol. The van der Waals surface area contributed by atoms with E-state index in [0.717, 1.165) is 30.6 Å². The Hall–Kier alpha value is -2.91. The van der Waals surface area contributed by atoms with Gasteiger partial charge in [-0.15, -0.1) is 11.3 Å². The highest BCUT2D eigenvalue weighted by atomic mass is 32.1. The average Bonchev–Trinajstić information content (AvgIpc) is 3.41. The van der Waals surface area contributed by atoms with Crippen LogP contribution in [0.3, 0.4) is 0 Å². The van der Waals surface area contributed by atoms with Gasteiger partial charge in [0, 0.05) is 31.5 Å². The number of rotatable bonds is 8. The molecule has 3 rings (SSSR count). The van der Waals surface area contributed by atoms with Gasteiger partial charge in [-0.2, -0.15) is 0 Å². The second-order valence-corrected chi connectivity index (χ2v) is 9.32. The fraction of sp³-hybridized carbons (Fsp3) is 0.458. The molecular formula is C24H36N6O2S. The normalized spacial score (nSPS) is 16.4. The van der Waals surface area contributed by atoms with Gasteiger partial charge in [0.1, 0.15) is 6.04 Å². The van der Waals surface area contributed by atoms with Gasteiger partial charge in [-0.3, -0.25) is 9.59 Å². The summed E-state index contributed by atoms with van der Waals surface area (Å²) in [5.74, 6) is 6.11. The number of aryl methyl sites for hydroxylation is 1. The minimum absolute atomic E-state index is 0.102. The Morgan fingerprint density at radius 3 is 2.55 bits per heavy atom. The van der Waals surface area contributed by atoms with Crippen molar-refractivity contribution >= 4 is 23.7 Å². The number of benzene rings is 1. The molecule has 0 radical (unpaired) electrons. The first-order valence-electron chi connectivity index (χ1n) is 11.2. The Bertz CT molecular complexity index is 912. The number of hydrogen-bond donors (Lipinski definition) is 3. The van der Waals surface area contributed by atoms with Gasteiger partial charge in [-0.1, -0.05) is 38.1 Å². The van der Waals surface area contributed by atoms with Crippen molar-refractivity contribution in [2.24, 2.45) is 17.5 Å². The van der Waals surface area contributed by atoms with Gasteiger partial charge in [-0.25, -0.2) is 10.8 Å². The molecule has 5 N–H and O–H groups in total. The van der Waals surface area contributed by atoms with Gasteiger partial charge in [0.15, 0.2) is 0 Å². The highest BCUT2D eigenvalue weighted by molar-refractivity contribution is 7.13. The molecule has 9 heteroatoms. The summed E-state index contributed by atoms with van der Waals surface area (Å²) in [7, 11) is 0. The van der Waals surface area contributed by atoms with Crippen LogP contribution in [-0.4, -0.2) is 45.8 Å². The Labute approximate surface area is 200 Å². The first-order chi connectivity index (χ1) is 15.8. The Kier molecular flexibility index (Phi) is 10.3. The number of hydrogen-bond acceptors (Lipinski definition) is 7. The van der Waals surface area contributed by atoms with Crippen molar-refractivity contribution in [2.45, 2.75) is 59.2 Å². The molecule has 2 heterocycles. The second-order valence-electron chi connectivity index (χ2n) is 8.46. The van der Waals surface area contributed by atoms with Crippen LogP contribution in [0.1, 0.15) is 44.9 Å². The van der Waals surface area contributed by atoms with Gasteiger partial charge in [-0.05, 0) is 43.7 Å². The SMILES string of the molecule is CC(C)C(C(=O)N1CCCC1C)N(N)/C=C\N.Cc1ncsc1-c1ccc(CNC=O)cc1. The van der Waals surface area contributed by atoms with E-state index in [1.54, 1.807) is 17.5 Å². The first kappa shape index (κ1) is 26.3. The third-order valence-electron chi connectivity index (χ3n) is 5.65. The molecule has 1 aromatic carbocycles. The van der Waals surface area contributed by atoms with Gasteiger partial charge >= 0.3 is 0 Å². The quantitative estimate of drug-likeness (QED) is 0.309. The topological polar surface area (TPSA) is 118 Å². The molecule has 180 valence electrons. The van der Waals surface area contributed by atoms with Crippen LogP contribution >= 0.6 is 11.3 Å². The van der Waals surface area contributed by atoms with Gasteiger partial charge < -0.3 is 21.0 Å². The fourth-order valence-corrected chi connectivity index (χ4v) is 4.70. The molecule has 0 bridgehead atoms. The molecule has 33 heavy (non-hydrogen) atoms. The van der Waals surface area contributed by atoms with E-state index in [2.05, 4.69) is 29.4 Å². The largest absolute Gasteiger partial charge is 0.403 e. The van der Waals surface area contributed by atoms with E-state index in [1.165, 1.54) is 21.6 Å². The lowest BCUT2D eigenvalue weighted by atomic mass is 10.0. The van der Waals surface area contributed by atoms with Gasteiger partial charge in [0.25, 0.3) is 0 Å². The van der Waals surface area contributed by atoms with Crippen LogP contribution in [0.25, 0.3) is 10.4 Å². The summed E-state index contributed by atoms with van der Waals surface area (Å²) in [5.41, 5.74) is 10.5. The van der Waals surface area contributed by atoms with Crippen molar-refractivity contribution in [1.82, 2.24) is 20.2 Å². The molecule has 0 aliphatic carbocycles. The molecule has 1 aliphatic heterocycles. The van der Waals surface area contributed by atoms with Crippen LogP contribution in [-0.2, 0) is 16.1 Å². The second kappa shape index (κ2) is 13.0. The lowest BCUT2D eigenvalue weighted by Crippen LogP contribution is -2.52. The molecule has 2 amide bonds. The predicted molar refractivity (Wildman–Crippen MR) is 134 cm³/mol. The zero-order chi connectivity index (χ0) is 24.4. The number of nitrogens with zero attached hydrogens (tertiary/aromatic N) is 3. The van der Waals surface area contributed by atoms with Crippen LogP contribution in [0.15, 0.2) is 42.2 Å². The molecule has 1 saturated heterocycles. The van der Waals surface area contributed by atoms with Crippen molar-refractivity contribution in [2.75, 3.05) is 6.54 Å². The van der Waals surface area contributed by atoms with E-state index >= 15 is 0 Å². The van der Waals surface area contributed by atoms with Crippen molar-refractivity contribution in [3.05, 3.63) is 53.4 Å². The molecule has 0 saturated carbocycles. The highest BCUT2D eigenvalue weighted by Crippen LogP contribution is 2.27. The maximum Gasteiger partial charge on any atom is 0.247 e. The Morgan fingerprint density at radius 2 is 2.06 bits per heavy atom. The summed E-state index contributed by atoms with van der Waals surface area (Å²) in [6.45, 7) is 9.49.